The summed E-state index contributed by atoms with van der Waals surface area (Å²) < 4.78 is 0. The van der Waals surface area contributed by atoms with Crippen LogP contribution in [0.4, 0.5) is 5.69 Å². The monoisotopic (exact) mass is 260 g/mol. The number of carbonyl (C=O) groups is 1. The quantitative estimate of drug-likeness (QED) is 0.864. The van der Waals surface area contributed by atoms with Gasteiger partial charge in [-0.2, -0.15) is 0 Å². The van der Waals surface area contributed by atoms with E-state index in [0.29, 0.717) is 13.1 Å². The zero-order valence-corrected chi connectivity index (χ0v) is 11.1. The smallest absolute Gasteiger partial charge is 0.241 e. The topological polar surface area (TPSA) is 43.8 Å². The van der Waals surface area contributed by atoms with Crippen molar-refractivity contribution in [3.05, 3.63) is 29.8 Å². The average molecular weight is 260 g/mol. The third-order valence-electron chi connectivity index (χ3n) is 4.02. The summed E-state index contributed by atoms with van der Waals surface area (Å²) in [5.41, 5.74) is 2.34. The van der Waals surface area contributed by atoms with Crippen molar-refractivity contribution in [2.24, 2.45) is 0 Å². The summed E-state index contributed by atoms with van der Waals surface area (Å²) in [6.07, 6.45) is 2.61. The molecule has 4 nitrogen and oxygen atoms in total. The molecule has 19 heavy (non-hydrogen) atoms. The number of β-amino-alcohol motifs (C(OH)–C–C–N with tert-alkyl or cyclic N) is 1. The predicted octanol–water partition coefficient (Wildman–Crippen LogP) is 1.03. The molecule has 4 heteroatoms. The number of aliphatic hydroxyl groups is 1. The Morgan fingerprint density at radius 3 is 2.95 bits per heavy atom. The Bertz CT molecular complexity index is 475. The molecule has 2 heterocycles. The van der Waals surface area contributed by atoms with E-state index in [-0.39, 0.29) is 12.0 Å². The lowest BCUT2D eigenvalue weighted by Crippen LogP contribution is -2.42. The van der Waals surface area contributed by atoms with Crippen LogP contribution >= 0.6 is 0 Å². The van der Waals surface area contributed by atoms with Crippen LogP contribution in [0.3, 0.4) is 0 Å². The van der Waals surface area contributed by atoms with Crippen LogP contribution in [0.15, 0.2) is 24.3 Å². The SMILES string of the molecule is O=C(CN1CCC(O)C1)N1CCCc2ccccc21. The minimum Gasteiger partial charge on any atom is -0.392 e. The van der Waals surface area contributed by atoms with Crippen molar-refractivity contribution in [2.75, 3.05) is 31.1 Å². The van der Waals surface area contributed by atoms with E-state index < -0.39 is 0 Å². The van der Waals surface area contributed by atoms with E-state index in [1.807, 2.05) is 28.0 Å². The van der Waals surface area contributed by atoms with Gasteiger partial charge in [0.05, 0.1) is 12.6 Å². The fraction of sp³-hybridized carbons (Fsp3) is 0.533. The molecule has 0 bridgehead atoms. The second-order valence-corrected chi connectivity index (χ2v) is 5.46. The number of hydrogen-bond donors (Lipinski definition) is 1. The Hall–Kier alpha value is -1.39. The second kappa shape index (κ2) is 5.31. The van der Waals surface area contributed by atoms with Gasteiger partial charge in [-0.25, -0.2) is 0 Å². The molecule has 0 saturated carbocycles. The fourth-order valence-electron chi connectivity index (χ4n) is 3.03. The van der Waals surface area contributed by atoms with E-state index in [0.717, 1.165) is 38.0 Å². The van der Waals surface area contributed by atoms with Gasteiger partial charge in [-0.1, -0.05) is 18.2 Å². The third-order valence-corrected chi connectivity index (χ3v) is 4.02. The average Bonchev–Trinajstić information content (AvgIpc) is 2.83. The maximum Gasteiger partial charge on any atom is 0.241 e. The van der Waals surface area contributed by atoms with E-state index in [2.05, 4.69) is 6.07 Å². The summed E-state index contributed by atoms with van der Waals surface area (Å²) in [5.74, 6) is 0.154. The molecule has 1 atom stereocenters. The zero-order valence-electron chi connectivity index (χ0n) is 11.1. The lowest BCUT2D eigenvalue weighted by molar-refractivity contribution is -0.119. The Morgan fingerprint density at radius 2 is 2.16 bits per heavy atom. The highest BCUT2D eigenvalue weighted by Gasteiger charge is 2.27. The van der Waals surface area contributed by atoms with Gasteiger partial charge in [0.2, 0.25) is 5.91 Å². The van der Waals surface area contributed by atoms with Gasteiger partial charge in [-0.3, -0.25) is 9.69 Å². The number of anilines is 1. The van der Waals surface area contributed by atoms with Crippen LogP contribution in [0.25, 0.3) is 0 Å². The molecular formula is C15H20N2O2. The first-order valence-electron chi connectivity index (χ1n) is 7.03. The van der Waals surface area contributed by atoms with Gasteiger partial charge in [-0.15, -0.1) is 0 Å². The van der Waals surface area contributed by atoms with Crippen LogP contribution in [-0.2, 0) is 11.2 Å². The summed E-state index contributed by atoms with van der Waals surface area (Å²) in [6, 6.07) is 8.16. The number of rotatable bonds is 2. The zero-order chi connectivity index (χ0) is 13.2. The van der Waals surface area contributed by atoms with Gasteiger partial charge < -0.3 is 10.0 Å². The molecule has 0 radical (unpaired) electrons. The fourth-order valence-corrected chi connectivity index (χ4v) is 3.03. The molecule has 0 aromatic heterocycles. The normalized spacial score (nSPS) is 23.4. The van der Waals surface area contributed by atoms with Crippen molar-refractivity contribution in [1.29, 1.82) is 0 Å². The first-order valence-corrected chi connectivity index (χ1v) is 7.03. The maximum atomic E-state index is 12.4. The molecule has 102 valence electrons. The Balaban J connectivity index is 1.71. The van der Waals surface area contributed by atoms with Gasteiger partial charge in [0.1, 0.15) is 0 Å². The molecular weight excluding hydrogens is 240 g/mol. The number of aliphatic hydroxyl groups excluding tert-OH is 1. The van der Waals surface area contributed by atoms with Crippen LogP contribution in [-0.4, -0.2) is 48.2 Å². The largest absolute Gasteiger partial charge is 0.392 e. The number of nitrogens with zero attached hydrogens (tertiary/aromatic N) is 2. The summed E-state index contributed by atoms with van der Waals surface area (Å²) in [6.45, 7) is 2.68. The minimum absolute atomic E-state index is 0.154. The molecule has 2 aliphatic heterocycles. The summed E-state index contributed by atoms with van der Waals surface area (Å²) >= 11 is 0. The molecule has 1 amide bonds. The highest BCUT2D eigenvalue weighted by atomic mass is 16.3. The molecule has 1 saturated heterocycles. The number of fused-ring (bicyclic) bond motifs is 1. The molecule has 1 aromatic rings. The van der Waals surface area contributed by atoms with Crippen LogP contribution in [0.1, 0.15) is 18.4 Å². The summed E-state index contributed by atoms with van der Waals surface area (Å²) in [7, 11) is 0. The number of likely N-dealkylation sites (tertiary alicyclic amines) is 1. The van der Waals surface area contributed by atoms with Crippen LogP contribution < -0.4 is 4.90 Å². The Kier molecular flexibility index (Phi) is 3.53. The Morgan fingerprint density at radius 1 is 1.32 bits per heavy atom. The van der Waals surface area contributed by atoms with Gasteiger partial charge in [0.15, 0.2) is 0 Å². The summed E-state index contributed by atoms with van der Waals surface area (Å²) in [5, 5.41) is 9.51. The highest BCUT2D eigenvalue weighted by molar-refractivity contribution is 5.95. The first-order chi connectivity index (χ1) is 9.24. The molecule has 0 aliphatic carbocycles. The lowest BCUT2D eigenvalue weighted by Gasteiger charge is -2.30. The number of hydrogen-bond acceptors (Lipinski definition) is 3. The summed E-state index contributed by atoms with van der Waals surface area (Å²) in [4.78, 5) is 16.4. The van der Waals surface area contributed by atoms with Crippen molar-refractivity contribution in [3.8, 4) is 0 Å². The van der Waals surface area contributed by atoms with E-state index >= 15 is 0 Å². The molecule has 1 fully saturated rings. The van der Waals surface area contributed by atoms with Gasteiger partial charge in [0.25, 0.3) is 0 Å². The lowest BCUT2D eigenvalue weighted by atomic mass is 10.0. The molecule has 2 aliphatic rings. The van der Waals surface area contributed by atoms with Gasteiger partial charge in [-0.05, 0) is 30.9 Å². The van der Waals surface area contributed by atoms with Crippen LogP contribution in [0.2, 0.25) is 0 Å². The van der Waals surface area contributed by atoms with E-state index in [1.54, 1.807) is 0 Å². The maximum absolute atomic E-state index is 12.4. The molecule has 1 unspecified atom stereocenters. The standard InChI is InChI=1S/C15H20N2O2/c18-13-7-9-16(10-13)11-15(19)17-8-3-5-12-4-1-2-6-14(12)17/h1-2,4,6,13,18H,3,5,7-11H2. The number of amides is 1. The highest BCUT2D eigenvalue weighted by Crippen LogP contribution is 2.26. The number of aryl methyl sites for hydroxylation is 1. The van der Waals surface area contributed by atoms with E-state index in [4.69, 9.17) is 0 Å². The van der Waals surface area contributed by atoms with Crippen molar-refractivity contribution < 1.29 is 9.90 Å². The number of benzene rings is 1. The van der Waals surface area contributed by atoms with Crippen molar-refractivity contribution in [1.82, 2.24) is 4.90 Å². The van der Waals surface area contributed by atoms with Crippen molar-refractivity contribution >= 4 is 11.6 Å². The molecule has 1 aromatic carbocycles. The molecule has 1 N–H and O–H groups in total. The van der Waals surface area contributed by atoms with E-state index in [9.17, 15) is 9.90 Å². The number of carbonyl (C=O) groups excluding carboxylic acids is 1. The third kappa shape index (κ3) is 2.65. The molecule has 3 rings (SSSR count). The van der Waals surface area contributed by atoms with Gasteiger partial charge in [0, 0.05) is 25.3 Å². The number of para-hydroxylation sites is 1. The minimum atomic E-state index is -0.263. The second-order valence-electron chi connectivity index (χ2n) is 5.46. The molecule has 0 spiro atoms. The predicted molar refractivity (Wildman–Crippen MR) is 74.2 cm³/mol. The first kappa shape index (κ1) is 12.6. The van der Waals surface area contributed by atoms with E-state index in [1.165, 1.54) is 5.56 Å². The van der Waals surface area contributed by atoms with Crippen molar-refractivity contribution in [3.63, 3.8) is 0 Å². The van der Waals surface area contributed by atoms with Gasteiger partial charge >= 0.3 is 0 Å². The van der Waals surface area contributed by atoms with Crippen LogP contribution in [0.5, 0.6) is 0 Å². The van der Waals surface area contributed by atoms with Crippen molar-refractivity contribution in [2.45, 2.75) is 25.4 Å². The van der Waals surface area contributed by atoms with Crippen LogP contribution in [0, 0.1) is 0 Å². The Labute approximate surface area is 113 Å².